The molecule has 2 fully saturated rings. The van der Waals surface area contributed by atoms with Crippen molar-refractivity contribution in [1.82, 2.24) is 0 Å². The number of alkyl halides is 3. The van der Waals surface area contributed by atoms with Crippen molar-refractivity contribution in [3.05, 3.63) is 0 Å². The van der Waals surface area contributed by atoms with Gasteiger partial charge in [-0.3, -0.25) is 5.41 Å². The molecule has 0 radical (unpaired) electrons. The second-order valence-electron chi connectivity index (χ2n) is 5.11. The van der Waals surface area contributed by atoms with Crippen LogP contribution in [0.15, 0.2) is 0 Å². The minimum Gasteiger partial charge on any atom is -0.444 e. The highest BCUT2D eigenvalue weighted by atomic mass is 35.6. The van der Waals surface area contributed by atoms with Crippen LogP contribution >= 0.6 is 34.8 Å². The summed E-state index contributed by atoms with van der Waals surface area (Å²) in [6.07, 6.45) is -4.27. The molecule has 2 unspecified atom stereocenters. The molecule has 10 heteroatoms. The van der Waals surface area contributed by atoms with Crippen molar-refractivity contribution in [3.8, 4) is 0 Å². The van der Waals surface area contributed by atoms with E-state index in [-0.39, 0.29) is 0 Å². The van der Waals surface area contributed by atoms with Gasteiger partial charge >= 0.3 is 6.16 Å². The van der Waals surface area contributed by atoms with Crippen LogP contribution < -0.4 is 0 Å². The quantitative estimate of drug-likeness (QED) is 0.351. The summed E-state index contributed by atoms with van der Waals surface area (Å²) in [5, 5.41) is 7.59. The Labute approximate surface area is 136 Å². The minimum absolute atomic E-state index is 0.573. The van der Waals surface area contributed by atoms with Gasteiger partial charge in [0.2, 0.25) is 18.3 Å². The average Bonchev–Trinajstić information content (AvgIpc) is 2.68. The Morgan fingerprint density at radius 2 is 1.86 bits per heavy atom. The van der Waals surface area contributed by atoms with Gasteiger partial charge < -0.3 is 23.7 Å². The Bertz CT molecular complexity index is 452. The lowest BCUT2D eigenvalue weighted by Gasteiger charge is -2.45. The third kappa shape index (κ3) is 3.32. The SMILES string of the molecule is COC1[C@@H]2OC(=O)O[C@@H]2C(OC(=N)C(Cl)(Cl)Cl)OC1(C)C. The molecule has 2 rings (SSSR count). The van der Waals surface area contributed by atoms with Crippen molar-refractivity contribution in [2.24, 2.45) is 0 Å². The number of methoxy groups -OCH3 is 1. The first kappa shape index (κ1) is 16.9. The standard InChI is InChI=1S/C11H14Cl3NO6/c1-10(2)6(17-3)4-5(19-9(16)18-4)7(21-10)20-8(15)11(12,13)14/h4-7,15H,1-3H3/t4-,5+,6?,7?/m1/s1. The molecule has 0 bridgehead atoms. The van der Waals surface area contributed by atoms with Crippen molar-refractivity contribution in [2.45, 2.75) is 47.8 Å². The highest BCUT2D eigenvalue weighted by molar-refractivity contribution is 6.76. The predicted molar refractivity (Wildman–Crippen MR) is 74.0 cm³/mol. The molecule has 0 saturated carbocycles. The smallest absolute Gasteiger partial charge is 0.444 e. The van der Waals surface area contributed by atoms with Crippen LogP contribution in [0.3, 0.4) is 0 Å². The average molecular weight is 363 g/mol. The molecule has 2 saturated heterocycles. The fourth-order valence-corrected chi connectivity index (χ4v) is 2.48. The second kappa shape index (κ2) is 5.62. The Hall–Kier alpha value is -0.470. The van der Waals surface area contributed by atoms with Crippen molar-refractivity contribution < 1.29 is 28.5 Å². The number of ether oxygens (including phenoxy) is 5. The summed E-state index contributed by atoms with van der Waals surface area (Å²) < 4.78 is 24.2. The summed E-state index contributed by atoms with van der Waals surface area (Å²) in [4.78, 5) is 11.4. The van der Waals surface area contributed by atoms with Crippen LogP contribution in [0.2, 0.25) is 0 Å². The number of carbonyl (C=O) groups excluding carboxylic acids is 1. The molecule has 1 N–H and O–H groups in total. The molecule has 0 aromatic heterocycles. The summed E-state index contributed by atoms with van der Waals surface area (Å²) in [5.41, 5.74) is -0.873. The molecular weight excluding hydrogens is 348 g/mol. The number of halogens is 3. The van der Waals surface area contributed by atoms with Gasteiger partial charge in [-0.25, -0.2) is 4.79 Å². The van der Waals surface area contributed by atoms with Crippen molar-refractivity contribution >= 4 is 46.9 Å². The number of nitrogens with one attached hydrogen (secondary N) is 1. The van der Waals surface area contributed by atoms with E-state index in [0.717, 1.165) is 0 Å². The van der Waals surface area contributed by atoms with Gasteiger partial charge in [-0.1, -0.05) is 34.8 Å². The van der Waals surface area contributed by atoms with E-state index >= 15 is 0 Å². The Morgan fingerprint density at radius 3 is 2.38 bits per heavy atom. The van der Waals surface area contributed by atoms with E-state index < -0.39 is 46.0 Å². The minimum atomic E-state index is -2.05. The second-order valence-corrected chi connectivity index (χ2v) is 7.39. The van der Waals surface area contributed by atoms with Crippen LogP contribution in [0.5, 0.6) is 0 Å². The zero-order chi connectivity index (χ0) is 16.0. The largest absolute Gasteiger partial charge is 0.509 e. The van der Waals surface area contributed by atoms with Crippen molar-refractivity contribution in [3.63, 3.8) is 0 Å². The van der Waals surface area contributed by atoms with Crippen LogP contribution in [0, 0.1) is 5.41 Å². The van der Waals surface area contributed by atoms with Crippen LogP contribution in [0.4, 0.5) is 4.79 Å². The Kier molecular flexibility index (Phi) is 4.52. The van der Waals surface area contributed by atoms with Gasteiger partial charge in [0, 0.05) is 7.11 Å². The number of hydrogen-bond acceptors (Lipinski definition) is 7. The summed E-state index contributed by atoms with van der Waals surface area (Å²) in [5.74, 6) is -0.647. The topological polar surface area (TPSA) is 87.1 Å². The molecule has 4 atom stereocenters. The highest BCUT2D eigenvalue weighted by Crippen LogP contribution is 2.39. The van der Waals surface area contributed by atoms with E-state index in [0.29, 0.717) is 0 Å². The fourth-order valence-electron chi connectivity index (χ4n) is 2.35. The molecule has 21 heavy (non-hydrogen) atoms. The Morgan fingerprint density at radius 1 is 1.29 bits per heavy atom. The monoisotopic (exact) mass is 361 g/mol. The highest BCUT2D eigenvalue weighted by Gasteiger charge is 2.59. The molecule has 0 amide bonds. The maximum atomic E-state index is 11.4. The van der Waals surface area contributed by atoms with Crippen molar-refractivity contribution in [2.75, 3.05) is 7.11 Å². The molecule has 2 aliphatic heterocycles. The van der Waals surface area contributed by atoms with Gasteiger partial charge in [-0.15, -0.1) is 0 Å². The zero-order valence-electron chi connectivity index (χ0n) is 11.4. The van der Waals surface area contributed by atoms with Gasteiger partial charge in [0.15, 0.2) is 6.10 Å². The van der Waals surface area contributed by atoms with Crippen LogP contribution in [0.25, 0.3) is 0 Å². The lowest BCUT2D eigenvalue weighted by atomic mass is 9.89. The summed E-state index contributed by atoms with van der Waals surface area (Å²) >= 11 is 16.7. The van der Waals surface area contributed by atoms with Crippen molar-refractivity contribution in [1.29, 1.82) is 5.41 Å². The normalized spacial score (nSPS) is 34.7. The number of carbonyl (C=O) groups is 1. The van der Waals surface area contributed by atoms with E-state index in [1.807, 2.05) is 0 Å². The van der Waals surface area contributed by atoms with E-state index in [4.69, 9.17) is 63.9 Å². The lowest BCUT2D eigenvalue weighted by molar-refractivity contribution is -0.287. The number of hydrogen-bond donors (Lipinski definition) is 1. The maximum Gasteiger partial charge on any atom is 0.509 e. The first-order chi connectivity index (χ1) is 9.56. The van der Waals surface area contributed by atoms with Gasteiger partial charge in [-0.05, 0) is 13.8 Å². The molecule has 0 spiro atoms. The van der Waals surface area contributed by atoms with E-state index in [9.17, 15) is 4.79 Å². The van der Waals surface area contributed by atoms with Crippen LogP contribution in [-0.2, 0) is 23.7 Å². The van der Waals surface area contributed by atoms with E-state index in [1.165, 1.54) is 7.11 Å². The third-order valence-corrected chi connectivity index (χ3v) is 3.72. The third-order valence-electron chi connectivity index (χ3n) is 3.21. The molecule has 0 aromatic carbocycles. The number of fused-ring (bicyclic) bond motifs is 1. The lowest BCUT2D eigenvalue weighted by Crippen LogP contribution is -2.62. The summed E-state index contributed by atoms with van der Waals surface area (Å²) in [6.45, 7) is 3.44. The zero-order valence-corrected chi connectivity index (χ0v) is 13.7. The van der Waals surface area contributed by atoms with E-state index in [2.05, 4.69) is 0 Å². The van der Waals surface area contributed by atoms with Crippen LogP contribution in [-0.4, -0.2) is 53.2 Å². The molecule has 2 heterocycles. The Balaban J connectivity index is 2.22. The maximum absolute atomic E-state index is 11.4. The molecule has 2 aliphatic rings. The van der Waals surface area contributed by atoms with Gasteiger partial charge in [-0.2, -0.15) is 0 Å². The molecule has 7 nitrogen and oxygen atoms in total. The van der Waals surface area contributed by atoms with Gasteiger partial charge in [0.1, 0.15) is 6.10 Å². The van der Waals surface area contributed by atoms with Gasteiger partial charge in [0.05, 0.1) is 5.60 Å². The molecule has 0 aliphatic carbocycles. The van der Waals surface area contributed by atoms with E-state index in [1.54, 1.807) is 13.8 Å². The fraction of sp³-hybridized carbons (Fsp3) is 0.818. The molecule has 120 valence electrons. The summed E-state index contributed by atoms with van der Waals surface area (Å²) in [6, 6.07) is 0. The van der Waals surface area contributed by atoms with Gasteiger partial charge in [0.25, 0.3) is 3.79 Å². The first-order valence-corrected chi connectivity index (χ1v) is 7.10. The number of rotatable bonds is 2. The predicted octanol–water partition coefficient (Wildman–Crippen LogP) is 2.40. The molecular formula is C11H14Cl3NO6. The van der Waals surface area contributed by atoms with Crippen LogP contribution in [0.1, 0.15) is 13.8 Å². The first-order valence-electron chi connectivity index (χ1n) is 5.96. The summed E-state index contributed by atoms with van der Waals surface area (Å²) in [7, 11) is 1.46. The molecule has 0 aromatic rings.